The number of anilines is 1. The van der Waals surface area contributed by atoms with Crippen molar-refractivity contribution >= 4 is 23.1 Å². The van der Waals surface area contributed by atoms with Gasteiger partial charge in [0.1, 0.15) is 5.75 Å². The largest absolute Gasteiger partial charge is 0.496 e. The number of carbonyl (C=O) groups excluding carboxylic acids is 2. The van der Waals surface area contributed by atoms with E-state index in [1.54, 1.807) is 24.3 Å². The van der Waals surface area contributed by atoms with E-state index in [1.807, 2.05) is 6.92 Å². The molecule has 2 rings (SSSR count). The Morgan fingerprint density at radius 1 is 1.18 bits per heavy atom. The molecule has 0 saturated heterocycles. The molecule has 148 valence electrons. The van der Waals surface area contributed by atoms with Gasteiger partial charge < -0.3 is 14.8 Å². The highest BCUT2D eigenvalue weighted by Gasteiger charge is 2.23. The Morgan fingerprint density at radius 2 is 1.86 bits per heavy atom. The molecule has 1 unspecified atom stereocenters. The van der Waals surface area contributed by atoms with Crippen molar-refractivity contribution in [3.05, 3.63) is 58.1 Å². The number of benzene rings is 2. The average molecular weight is 386 g/mol. The summed E-state index contributed by atoms with van der Waals surface area (Å²) in [6.07, 6.45) is 0.230. The molecule has 1 N–H and O–H groups in total. The first-order valence-corrected chi connectivity index (χ1v) is 8.79. The van der Waals surface area contributed by atoms with Crippen molar-refractivity contribution in [3.8, 4) is 11.5 Å². The number of amides is 1. The Balaban J connectivity index is 2.10. The number of nitro groups is 1. The number of ether oxygens (including phenoxy) is 2. The molecule has 0 fully saturated rings. The van der Waals surface area contributed by atoms with Crippen LogP contribution in [0.15, 0.2) is 42.5 Å². The topological polar surface area (TPSA) is 108 Å². The summed E-state index contributed by atoms with van der Waals surface area (Å²) in [5.74, 6) is -0.129. The number of nitrogens with zero attached hydrogens (tertiary/aromatic N) is 1. The molecular weight excluding hydrogens is 364 g/mol. The van der Waals surface area contributed by atoms with Crippen molar-refractivity contribution in [2.75, 3.05) is 12.4 Å². The molecule has 1 atom stereocenters. The van der Waals surface area contributed by atoms with Crippen LogP contribution < -0.4 is 14.8 Å². The second kappa shape index (κ2) is 9.50. The van der Waals surface area contributed by atoms with Crippen LogP contribution in [-0.2, 0) is 4.79 Å². The van der Waals surface area contributed by atoms with Crippen molar-refractivity contribution in [3.63, 3.8) is 0 Å². The summed E-state index contributed by atoms with van der Waals surface area (Å²) in [7, 11) is 1.40. The van der Waals surface area contributed by atoms with Gasteiger partial charge in [-0.05, 0) is 49.7 Å². The molecule has 1 amide bonds. The van der Waals surface area contributed by atoms with Crippen LogP contribution in [0.3, 0.4) is 0 Å². The molecule has 2 aromatic rings. The van der Waals surface area contributed by atoms with E-state index in [9.17, 15) is 19.7 Å². The highest BCUT2D eigenvalue weighted by atomic mass is 16.6. The molecule has 8 nitrogen and oxygen atoms in total. The maximum atomic E-state index is 12.6. The van der Waals surface area contributed by atoms with E-state index in [0.29, 0.717) is 23.4 Å². The van der Waals surface area contributed by atoms with E-state index in [0.717, 1.165) is 6.42 Å². The van der Waals surface area contributed by atoms with Crippen LogP contribution in [-0.4, -0.2) is 29.8 Å². The summed E-state index contributed by atoms with van der Waals surface area (Å²) in [6.45, 7) is 3.43. The second-order valence-corrected chi connectivity index (χ2v) is 6.09. The van der Waals surface area contributed by atoms with Gasteiger partial charge in [-0.3, -0.25) is 19.7 Å². The lowest BCUT2D eigenvalue weighted by atomic mass is 10.1. The molecule has 0 heterocycles. The zero-order valence-corrected chi connectivity index (χ0v) is 15.9. The Morgan fingerprint density at radius 3 is 2.43 bits per heavy atom. The minimum absolute atomic E-state index is 0.0184. The highest BCUT2D eigenvalue weighted by molar-refractivity contribution is 6.00. The highest BCUT2D eigenvalue weighted by Crippen LogP contribution is 2.32. The minimum Gasteiger partial charge on any atom is -0.496 e. The molecule has 0 saturated carbocycles. The molecular formula is C20H22N2O6. The third-order valence-corrected chi connectivity index (χ3v) is 3.97. The van der Waals surface area contributed by atoms with Gasteiger partial charge in [-0.2, -0.15) is 0 Å². The van der Waals surface area contributed by atoms with Gasteiger partial charge in [0.05, 0.1) is 18.1 Å². The Hall–Kier alpha value is -3.42. The number of carbonyl (C=O) groups is 2. The fraction of sp³-hybridized carbons (Fsp3) is 0.300. The molecule has 2 aromatic carbocycles. The summed E-state index contributed by atoms with van der Waals surface area (Å²) < 4.78 is 10.5. The number of rotatable bonds is 9. The molecule has 0 aliphatic carbocycles. The molecule has 0 aliphatic heterocycles. The van der Waals surface area contributed by atoms with Crippen LogP contribution >= 0.6 is 0 Å². The zero-order chi connectivity index (χ0) is 20.7. The maximum absolute atomic E-state index is 12.6. The van der Waals surface area contributed by atoms with E-state index in [4.69, 9.17) is 9.47 Å². The Labute approximate surface area is 162 Å². The smallest absolute Gasteiger partial charge is 0.314 e. The van der Waals surface area contributed by atoms with Crippen LogP contribution in [0.2, 0.25) is 0 Å². The van der Waals surface area contributed by atoms with Crippen molar-refractivity contribution in [1.29, 1.82) is 0 Å². The van der Waals surface area contributed by atoms with E-state index in [-0.39, 0.29) is 23.1 Å². The maximum Gasteiger partial charge on any atom is 0.314 e. The molecule has 0 spiro atoms. The second-order valence-electron chi connectivity index (χ2n) is 6.09. The predicted molar refractivity (Wildman–Crippen MR) is 104 cm³/mol. The van der Waals surface area contributed by atoms with Gasteiger partial charge in [-0.25, -0.2) is 0 Å². The fourth-order valence-electron chi connectivity index (χ4n) is 2.51. The SMILES string of the molecule is CCCC(=O)Nc1ccc(C(=O)C(C)Oc2ccc(OC)cc2[N+](=O)[O-])cc1. The fourth-order valence-corrected chi connectivity index (χ4v) is 2.51. The van der Waals surface area contributed by atoms with Crippen LogP contribution in [0.5, 0.6) is 11.5 Å². The van der Waals surface area contributed by atoms with Crippen molar-refractivity contribution in [2.24, 2.45) is 0 Å². The molecule has 0 aliphatic rings. The van der Waals surface area contributed by atoms with Gasteiger partial charge in [-0.1, -0.05) is 6.92 Å². The lowest BCUT2D eigenvalue weighted by molar-refractivity contribution is -0.386. The molecule has 0 aromatic heterocycles. The number of nitro benzene ring substituents is 1. The first kappa shape index (κ1) is 20.9. The third kappa shape index (κ3) is 5.29. The Kier molecular flexibility index (Phi) is 7.08. The lowest BCUT2D eigenvalue weighted by Gasteiger charge is -2.14. The quantitative estimate of drug-likeness (QED) is 0.397. The van der Waals surface area contributed by atoms with E-state index >= 15 is 0 Å². The summed E-state index contributed by atoms with van der Waals surface area (Å²) in [6, 6.07) is 10.6. The Bertz CT molecular complexity index is 863. The van der Waals surface area contributed by atoms with E-state index in [2.05, 4.69) is 5.32 Å². The first-order chi connectivity index (χ1) is 13.3. The summed E-state index contributed by atoms with van der Waals surface area (Å²) >= 11 is 0. The van der Waals surface area contributed by atoms with Crippen LogP contribution in [0.1, 0.15) is 37.0 Å². The van der Waals surface area contributed by atoms with Gasteiger partial charge in [0, 0.05) is 17.7 Å². The average Bonchev–Trinajstić information content (AvgIpc) is 2.68. The van der Waals surface area contributed by atoms with Crippen molar-refractivity contribution in [2.45, 2.75) is 32.8 Å². The number of hydrogen-bond acceptors (Lipinski definition) is 6. The van der Waals surface area contributed by atoms with Gasteiger partial charge in [0.2, 0.25) is 11.7 Å². The van der Waals surface area contributed by atoms with Crippen molar-refractivity contribution in [1.82, 2.24) is 0 Å². The number of methoxy groups -OCH3 is 1. The molecule has 8 heteroatoms. The normalized spacial score (nSPS) is 11.4. The zero-order valence-electron chi connectivity index (χ0n) is 15.9. The summed E-state index contributed by atoms with van der Waals surface area (Å²) in [5.41, 5.74) is 0.680. The van der Waals surface area contributed by atoms with Crippen LogP contribution in [0.25, 0.3) is 0 Å². The van der Waals surface area contributed by atoms with Crippen molar-refractivity contribution < 1.29 is 24.0 Å². The molecule has 0 bridgehead atoms. The van der Waals surface area contributed by atoms with Crippen LogP contribution in [0.4, 0.5) is 11.4 Å². The third-order valence-electron chi connectivity index (χ3n) is 3.97. The first-order valence-electron chi connectivity index (χ1n) is 8.79. The molecule has 28 heavy (non-hydrogen) atoms. The van der Waals surface area contributed by atoms with Gasteiger partial charge in [-0.15, -0.1) is 0 Å². The summed E-state index contributed by atoms with van der Waals surface area (Å²) in [4.78, 5) is 34.8. The summed E-state index contributed by atoms with van der Waals surface area (Å²) in [5, 5.41) is 14.0. The van der Waals surface area contributed by atoms with Gasteiger partial charge in [0.15, 0.2) is 11.9 Å². The monoisotopic (exact) mass is 386 g/mol. The van der Waals surface area contributed by atoms with E-state index in [1.165, 1.54) is 32.2 Å². The molecule has 0 radical (unpaired) electrons. The number of Topliss-reactive ketones (excluding diaryl/α,β-unsaturated/α-hetero) is 1. The lowest BCUT2D eigenvalue weighted by Crippen LogP contribution is -2.24. The number of ketones is 1. The van der Waals surface area contributed by atoms with E-state index < -0.39 is 11.0 Å². The van der Waals surface area contributed by atoms with Gasteiger partial charge >= 0.3 is 5.69 Å². The predicted octanol–water partition coefficient (Wildman–Crippen LogP) is 3.99. The number of hydrogen-bond donors (Lipinski definition) is 1. The minimum atomic E-state index is -0.937. The number of nitrogens with one attached hydrogen (secondary N) is 1. The standard InChI is InChI=1S/C20H22N2O6/c1-4-5-19(23)21-15-8-6-14(7-9-15)20(24)13(2)28-18-11-10-16(27-3)12-17(18)22(25)26/h6-13H,4-5H2,1-3H3,(H,21,23). The van der Waals surface area contributed by atoms with Gasteiger partial charge in [0.25, 0.3) is 0 Å². The van der Waals surface area contributed by atoms with Crippen LogP contribution in [0, 0.1) is 10.1 Å².